The Labute approximate surface area is 267 Å². The summed E-state index contributed by atoms with van der Waals surface area (Å²) in [6, 6.07) is -0.608. The SMILES string of the molecule is CC(CC1C(=O)N(C2CCC(OC(=O)OC(C)(C)C)CC2)C(=O)C1C1C(=O)N(C2CCC(O)CC2)C(=O)C1C)C1CCCCC1. The molecule has 10 heteroatoms. The van der Waals surface area contributed by atoms with Crippen molar-refractivity contribution in [3.63, 3.8) is 0 Å². The molecule has 2 saturated heterocycles. The maximum atomic E-state index is 14.4. The van der Waals surface area contributed by atoms with Crippen LogP contribution < -0.4 is 0 Å². The molecular formula is C35H54N2O8. The van der Waals surface area contributed by atoms with Gasteiger partial charge < -0.3 is 14.6 Å². The van der Waals surface area contributed by atoms with Crippen LogP contribution in [0.4, 0.5) is 4.79 Å². The smallest absolute Gasteiger partial charge is 0.431 e. The lowest BCUT2D eigenvalue weighted by molar-refractivity contribution is -0.148. The van der Waals surface area contributed by atoms with Gasteiger partial charge in [-0.25, -0.2) is 4.79 Å². The van der Waals surface area contributed by atoms with E-state index in [4.69, 9.17) is 9.47 Å². The van der Waals surface area contributed by atoms with Crippen LogP contribution in [-0.2, 0) is 28.7 Å². The molecule has 0 aromatic heterocycles. The molecule has 5 fully saturated rings. The van der Waals surface area contributed by atoms with Crippen LogP contribution in [0.1, 0.15) is 125 Å². The predicted molar refractivity (Wildman–Crippen MR) is 165 cm³/mol. The minimum Gasteiger partial charge on any atom is -0.431 e. The van der Waals surface area contributed by atoms with Crippen LogP contribution in [0.5, 0.6) is 0 Å². The number of nitrogens with zero attached hydrogens (tertiary/aromatic N) is 2. The third-order valence-electron chi connectivity index (χ3n) is 11.4. The number of hydrogen-bond acceptors (Lipinski definition) is 8. The van der Waals surface area contributed by atoms with Crippen molar-refractivity contribution in [2.45, 2.75) is 154 Å². The zero-order chi connectivity index (χ0) is 32.6. The van der Waals surface area contributed by atoms with Gasteiger partial charge in [-0.1, -0.05) is 46.0 Å². The Morgan fingerprint density at radius 2 is 1.31 bits per heavy atom. The lowest BCUT2D eigenvalue weighted by Crippen LogP contribution is -2.45. The molecule has 10 nitrogen and oxygen atoms in total. The maximum Gasteiger partial charge on any atom is 0.509 e. The van der Waals surface area contributed by atoms with Crippen molar-refractivity contribution in [2.75, 3.05) is 0 Å². The summed E-state index contributed by atoms with van der Waals surface area (Å²) >= 11 is 0. The number of ether oxygens (including phenoxy) is 2. The van der Waals surface area contributed by atoms with Gasteiger partial charge in [-0.3, -0.25) is 29.0 Å². The highest BCUT2D eigenvalue weighted by Crippen LogP contribution is 2.47. The fourth-order valence-electron chi connectivity index (χ4n) is 8.91. The van der Waals surface area contributed by atoms with Gasteiger partial charge in [-0.15, -0.1) is 0 Å². The van der Waals surface area contributed by atoms with E-state index in [0.29, 0.717) is 63.7 Å². The normalized spacial score (nSPS) is 36.0. The van der Waals surface area contributed by atoms with E-state index in [9.17, 15) is 29.1 Å². The van der Waals surface area contributed by atoms with Crippen LogP contribution in [0, 0.1) is 35.5 Å². The van der Waals surface area contributed by atoms with Crippen molar-refractivity contribution in [2.24, 2.45) is 35.5 Å². The average molecular weight is 631 g/mol. The lowest BCUT2D eigenvalue weighted by atomic mass is 9.71. The topological polar surface area (TPSA) is 131 Å². The maximum absolute atomic E-state index is 14.4. The Bertz CT molecular complexity index is 1130. The largest absolute Gasteiger partial charge is 0.509 e. The average Bonchev–Trinajstić information content (AvgIpc) is 3.35. The molecule has 3 saturated carbocycles. The molecule has 0 aromatic carbocycles. The molecule has 0 radical (unpaired) electrons. The summed E-state index contributed by atoms with van der Waals surface area (Å²) in [4.78, 5) is 71.4. The summed E-state index contributed by atoms with van der Waals surface area (Å²) < 4.78 is 10.8. The Balaban J connectivity index is 1.35. The van der Waals surface area contributed by atoms with E-state index in [-0.39, 0.29) is 47.7 Å². The van der Waals surface area contributed by atoms with E-state index >= 15 is 0 Å². The van der Waals surface area contributed by atoms with Gasteiger partial charge in [0, 0.05) is 18.0 Å². The minimum atomic E-state index is -0.860. The van der Waals surface area contributed by atoms with Crippen molar-refractivity contribution in [3.05, 3.63) is 0 Å². The van der Waals surface area contributed by atoms with E-state index in [0.717, 1.165) is 12.8 Å². The number of aliphatic hydroxyl groups excluding tert-OH is 1. The van der Waals surface area contributed by atoms with Crippen molar-refractivity contribution in [3.8, 4) is 0 Å². The first kappa shape index (κ1) is 33.9. The van der Waals surface area contributed by atoms with E-state index in [1.807, 2.05) is 0 Å². The van der Waals surface area contributed by atoms with Gasteiger partial charge in [-0.2, -0.15) is 0 Å². The molecule has 0 bridgehead atoms. The van der Waals surface area contributed by atoms with Gasteiger partial charge in [0.1, 0.15) is 11.7 Å². The fourth-order valence-corrected chi connectivity index (χ4v) is 8.91. The van der Waals surface area contributed by atoms with Gasteiger partial charge in [0.15, 0.2) is 0 Å². The highest BCUT2D eigenvalue weighted by atomic mass is 16.7. The molecular weight excluding hydrogens is 576 g/mol. The third-order valence-corrected chi connectivity index (χ3v) is 11.4. The molecule has 252 valence electrons. The summed E-state index contributed by atoms with van der Waals surface area (Å²) in [7, 11) is 0. The van der Waals surface area contributed by atoms with Crippen LogP contribution in [0.25, 0.3) is 0 Å². The highest BCUT2D eigenvalue weighted by molar-refractivity contribution is 6.12. The van der Waals surface area contributed by atoms with Crippen LogP contribution in [0.3, 0.4) is 0 Å². The number of hydrogen-bond donors (Lipinski definition) is 1. The first-order valence-corrected chi connectivity index (χ1v) is 17.6. The molecule has 0 aromatic rings. The Hall–Kier alpha value is -2.49. The quantitative estimate of drug-likeness (QED) is 0.293. The Kier molecular flexibility index (Phi) is 10.3. The molecule has 2 aliphatic heterocycles. The summed E-state index contributed by atoms with van der Waals surface area (Å²) in [6.07, 6.45) is 9.08. The zero-order valence-electron chi connectivity index (χ0n) is 27.9. The van der Waals surface area contributed by atoms with E-state index in [1.54, 1.807) is 27.7 Å². The van der Waals surface area contributed by atoms with Crippen LogP contribution in [0.2, 0.25) is 0 Å². The zero-order valence-corrected chi connectivity index (χ0v) is 27.9. The first-order valence-electron chi connectivity index (χ1n) is 17.6. The number of carbonyl (C=O) groups is 5. The van der Waals surface area contributed by atoms with Crippen molar-refractivity contribution in [1.29, 1.82) is 0 Å². The summed E-state index contributed by atoms with van der Waals surface area (Å²) in [5.41, 5.74) is -0.661. The third kappa shape index (κ3) is 7.25. The monoisotopic (exact) mass is 630 g/mol. The number of likely N-dealkylation sites (tertiary alicyclic amines) is 2. The predicted octanol–water partition coefficient (Wildman–Crippen LogP) is 5.38. The molecule has 2 heterocycles. The molecule has 1 N–H and O–H groups in total. The second-order valence-electron chi connectivity index (χ2n) is 15.6. The molecule has 0 spiro atoms. The highest BCUT2D eigenvalue weighted by Gasteiger charge is 2.61. The van der Waals surface area contributed by atoms with Gasteiger partial charge in [-0.05, 0) is 90.4 Å². The van der Waals surface area contributed by atoms with Crippen LogP contribution in [-0.4, -0.2) is 74.6 Å². The van der Waals surface area contributed by atoms with E-state index in [1.165, 1.54) is 29.1 Å². The first-order chi connectivity index (χ1) is 21.3. The standard InChI is InChI=1S/C35H54N2O8/c1-20(22-9-7-6-8-10-22)19-27-29(28-21(2)30(39)36(32(28)41)23-11-15-25(38)16-12-23)33(42)37(31(27)40)24-13-17-26(18-14-24)44-34(43)45-35(3,4)5/h20-29,38H,6-19H2,1-5H3. The van der Waals surface area contributed by atoms with Crippen LogP contribution in [0.15, 0.2) is 0 Å². The van der Waals surface area contributed by atoms with Gasteiger partial charge >= 0.3 is 6.16 Å². The van der Waals surface area contributed by atoms with Gasteiger partial charge in [0.05, 0.1) is 23.9 Å². The minimum absolute atomic E-state index is 0.212. The van der Waals surface area contributed by atoms with E-state index in [2.05, 4.69) is 6.92 Å². The molecule has 5 unspecified atom stereocenters. The Morgan fingerprint density at radius 1 is 0.778 bits per heavy atom. The summed E-state index contributed by atoms with van der Waals surface area (Å²) in [5.74, 6) is -3.45. The molecule has 4 amide bonds. The second-order valence-corrected chi connectivity index (χ2v) is 15.6. The summed E-state index contributed by atoms with van der Waals surface area (Å²) in [6.45, 7) is 9.25. The lowest BCUT2D eigenvalue weighted by Gasteiger charge is -2.34. The number of aliphatic hydroxyl groups is 1. The van der Waals surface area contributed by atoms with Crippen molar-refractivity contribution in [1.82, 2.24) is 9.80 Å². The second kappa shape index (κ2) is 13.7. The fraction of sp³-hybridized carbons (Fsp3) is 0.857. The molecule has 5 aliphatic rings. The molecule has 3 aliphatic carbocycles. The molecule has 45 heavy (non-hydrogen) atoms. The van der Waals surface area contributed by atoms with Gasteiger partial charge in [0.25, 0.3) is 0 Å². The molecule has 5 rings (SSSR count). The van der Waals surface area contributed by atoms with Gasteiger partial charge in [0.2, 0.25) is 23.6 Å². The van der Waals surface area contributed by atoms with Crippen molar-refractivity contribution < 1.29 is 38.6 Å². The van der Waals surface area contributed by atoms with E-state index < -0.39 is 41.5 Å². The summed E-state index contributed by atoms with van der Waals surface area (Å²) in [5, 5.41) is 10.0. The number of imide groups is 2. The number of carbonyl (C=O) groups excluding carboxylic acids is 5. The number of rotatable bonds is 7. The Morgan fingerprint density at radius 3 is 1.89 bits per heavy atom. The van der Waals surface area contributed by atoms with Crippen LogP contribution >= 0.6 is 0 Å². The molecule has 5 atom stereocenters. The number of amides is 4. The van der Waals surface area contributed by atoms with Crippen molar-refractivity contribution >= 4 is 29.8 Å².